The molecular formula is C16H25NO3. The van der Waals surface area contributed by atoms with Crippen LogP contribution in [0.15, 0.2) is 24.3 Å². The maximum Gasteiger partial charge on any atom is 0.255 e. The van der Waals surface area contributed by atoms with E-state index in [0.29, 0.717) is 24.3 Å². The predicted octanol–water partition coefficient (Wildman–Crippen LogP) is 2.61. The number of hydrogen-bond donors (Lipinski definition) is 2. The first-order valence-electron chi connectivity index (χ1n) is 7.01. The summed E-state index contributed by atoms with van der Waals surface area (Å²) in [4.78, 5) is 12.3. The molecule has 1 atom stereocenters. The van der Waals surface area contributed by atoms with Gasteiger partial charge in [-0.2, -0.15) is 0 Å². The number of benzene rings is 1. The van der Waals surface area contributed by atoms with Crippen LogP contribution >= 0.6 is 0 Å². The SMILES string of the molecule is CCOc1ccccc1C(=O)NC(CO)CC(C)(C)C. The molecule has 0 aliphatic heterocycles. The summed E-state index contributed by atoms with van der Waals surface area (Å²) in [6.07, 6.45) is 0.714. The lowest BCUT2D eigenvalue weighted by atomic mass is 9.88. The predicted molar refractivity (Wildman–Crippen MR) is 80.0 cm³/mol. The van der Waals surface area contributed by atoms with Gasteiger partial charge >= 0.3 is 0 Å². The minimum absolute atomic E-state index is 0.0418. The molecule has 1 aromatic carbocycles. The molecule has 0 aromatic heterocycles. The molecule has 1 amide bonds. The Labute approximate surface area is 121 Å². The van der Waals surface area contributed by atoms with Crippen molar-refractivity contribution in [1.82, 2.24) is 5.32 Å². The molecule has 112 valence electrons. The zero-order chi connectivity index (χ0) is 15.2. The topological polar surface area (TPSA) is 58.6 Å². The Morgan fingerprint density at radius 2 is 2.00 bits per heavy atom. The third-order valence-corrected chi connectivity index (χ3v) is 2.85. The summed E-state index contributed by atoms with van der Waals surface area (Å²) in [6.45, 7) is 8.56. The molecule has 20 heavy (non-hydrogen) atoms. The number of carbonyl (C=O) groups excluding carboxylic acids is 1. The summed E-state index contributed by atoms with van der Waals surface area (Å²) < 4.78 is 5.45. The molecule has 1 rings (SSSR count). The van der Waals surface area contributed by atoms with Gasteiger partial charge in [0.15, 0.2) is 0 Å². The lowest BCUT2D eigenvalue weighted by molar-refractivity contribution is 0.0894. The lowest BCUT2D eigenvalue weighted by Gasteiger charge is -2.25. The van der Waals surface area contributed by atoms with Crippen molar-refractivity contribution in [1.29, 1.82) is 0 Å². The lowest BCUT2D eigenvalue weighted by Crippen LogP contribution is -2.40. The van der Waals surface area contributed by atoms with E-state index in [0.717, 1.165) is 0 Å². The fourth-order valence-electron chi connectivity index (χ4n) is 2.10. The number of ether oxygens (including phenoxy) is 1. The van der Waals surface area contributed by atoms with Gasteiger partial charge < -0.3 is 15.2 Å². The summed E-state index contributed by atoms with van der Waals surface area (Å²) >= 11 is 0. The zero-order valence-corrected chi connectivity index (χ0v) is 12.8. The van der Waals surface area contributed by atoms with E-state index in [-0.39, 0.29) is 24.0 Å². The summed E-state index contributed by atoms with van der Waals surface area (Å²) in [5, 5.41) is 12.3. The second-order valence-corrected chi connectivity index (χ2v) is 6.05. The highest BCUT2D eigenvalue weighted by Crippen LogP contribution is 2.22. The Balaban J connectivity index is 2.79. The van der Waals surface area contributed by atoms with Crippen LogP contribution in [0.25, 0.3) is 0 Å². The van der Waals surface area contributed by atoms with Crippen molar-refractivity contribution >= 4 is 5.91 Å². The van der Waals surface area contributed by atoms with Crippen LogP contribution in [-0.2, 0) is 0 Å². The highest BCUT2D eigenvalue weighted by atomic mass is 16.5. The smallest absolute Gasteiger partial charge is 0.255 e. The summed E-state index contributed by atoms with van der Waals surface area (Å²) in [7, 11) is 0. The first-order chi connectivity index (χ1) is 9.37. The largest absolute Gasteiger partial charge is 0.493 e. The summed E-state index contributed by atoms with van der Waals surface area (Å²) in [6, 6.07) is 6.88. The number of nitrogens with one attached hydrogen (secondary N) is 1. The van der Waals surface area contributed by atoms with E-state index in [2.05, 4.69) is 26.1 Å². The molecule has 0 bridgehead atoms. The molecule has 0 saturated heterocycles. The zero-order valence-electron chi connectivity index (χ0n) is 12.8. The first-order valence-corrected chi connectivity index (χ1v) is 7.01. The normalized spacial score (nSPS) is 12.8. The number of para-hydroxylation sites is 1. The van der Waals surface area contributed by atoms with Crippen molar-refractivity contribution in [3.05, 3.63) is 29.8 Å². The Kier molecular flexibility index (Phi) is 6.02. The van der Waals surface area contributed by atoms with Gasteiger partial charge in [-0.1, -0.05) is 32.9 Å². The van der Waals surface area contributed by atoms with Crippen LogP contribution in [0.4, 0.5) is 0 Å². The second-order valence-electron chi connectivity index (χ2n) is 6.05. The Morgan fingerprint density at radius 3 is 2.55 bits per heavy atom. The molecule has 0 spiro atoms. The van der Waals surface area contributed by atoms with Gasteiger partial charge in [0.2, 0.25) is 0 Å². The van der Waals surface area contributed by atoms with E-state index in [1.807, 2.05) is 13.0 Å². The van der Waals surface area contributed by atoms with Gasteiger partial charge in [-0.3, -0.25) is 4.79 Å². The van der Waals surface area contributed by atoms with Crippen LogP contribution < -0.4 is 10.1 Å². The van der Waals surface area contributed by atoms with Crippen LogP contribution in [0.2, 0.25) is 0 Å². The molecule has 0 aliphatic rings. The average Bonchev–Trinajstić information content (AvgIpc) is 2.37. The average molecular weight is 279 g/mol. The number of hydrogen-bond acceptors (Lipinski definition) is 3. The molecule has 1 aromatic rings. The van der Waals surface area contributed by atoms with Gasteiger partial charge in [0, 0.05) is 0 Å². The minimum atomic E-state index is -0.253. The highest BCUT2D eigenvalue weighted by molar-refractivity contribution is 5.97. The fourth-order valence-corrected chi connectivity index (χ4v) is 2.10. The molecule has 0 fully saturated rings. The molecule has 0 heterocycles. The number of carbonyl (C=O) groups is 1. The molecule has 0 radical (unpaired) electrons. The van der Waals surface area contributed by atoms with Gasteiger partial charge in [-0.25, -0.2) is 0 Å². The third-order valence-electron chi connectivity index (χ3n) is 2.85. The third kappa shape index (κ3) is 5.21. The van der Waals surface area contributed by atoms with Gasteiger partial charge in [-0.05, 0) is 30.9 Å². The van der Waals surface area contributed by atoms with Crippen LogP contribution in [-0.4, -0.2) is 30.3 Å². The van der Waals surface area contributed by atoms with E-state index in [4.69, 9.17) is 4.74 Å². The molecule has 1 unspecified atom stereocenters. The van der Waals surface area contributed by atoms with Gasteiger partial charge in [-0.15, -0.1) is 0 Å². The molecule has 4 heteroatoms. The van der Waals surface area contributed by atoms with Gasteiger partial charge in [0.1, 0.15) is 5.75 Å². The molecule has 0 saturated carbocycles. The molecule has 2 N–H and O–H groups in total. The van der Waals surface area contributed by atoms with E-state index in [1.54, 1.807) is 18.2 Å². The van der Waals surface area contributed by atoms with E-state index >= 15 is 0 Å². The van der Waals surface area contributed by atoms with E-state index in [1.165, 1.54) is 0 Å². The van der Waals surface area contributed by atoms with Gasteiger partial charge in [0.25, 0.3) is 5.91 Å². The van der Waals surface area contributed by atoms with Crippen LogP contribution in [0.3, 0.4) is 0 Å². The highest BCUT2D eigenvalue weighted by Gasteiger charge is 2.21. The van der Waals surface area contributed by atoms with Crippen molar-refractivity contribution in [3.63, 3.8) is 0 Å². The fraction of sp³-hybridized carbons (Fsp3) is 0.562. The van der Waals surface area contributed by atoms with Crippen LogP contribution in [0, 0.1) is 5.41 Å². The van der Waals surface area contributed by atoms with E-state index < -0.39 is 0 Å². The molecular weight excluding hydrogens is 254 g/mol. The summed E-state index contributed by atoms with van der Waals surface area (Å²) in [5.74, 6) is 0.359. The monoisotopic (exact) mass is 279 g/mol. The van der Waals surface area contributed by atoms with Gasteiger partial charge in [0.05, 0.1) is 24.8 Å². The maximum atomic E-state index is 12.3. The first kappa shape index (κ1) is 16.5. The van der Waals surface area contributed by atoms with Crippen LogP contribution in [0.1, 0.15) is 44.5 Å². The number of rotatable bonds is 6. The Morgan fingerprint density at radius 1 is 1.35 bits per heavy atom. The van der Waals surface area contributed by atoms with Crippen molar-refractivity contribution in [2.75, 3.05) is 13.2 Å². The number of aliphatic hydroxyl groups excluding tert-OH is 1. The Hall–Kier alpha value is -1.55. The molecule has 0 aliphatic carbocycles. The Bertz CT molecular complexity index is 438. The van der Waals surface area contributed by atoms with Crippen molar-refractivity contribution in [2.45, 2.75) is 40.2 Å². The standard InChI is InChI=1S/C16H25NO3/c1-5-20-14-9-7-6-8-13(14)15(19)17-12(11-18)10-16(2,3)4/h6-9,12,18H,5,10-11H2,1-4H3,(H,17,19). The van der Waals surface area contributed by atoms with E-state index in [9.17, 15) is 9.90 Å². The number of aliphatic hydroxyl groups is 1. The van der Waals surface area contributed by atoms with Crippen molar-refractivity contribution < 1.29 is 14.6 Å². The quantitative estimate of drug-likeness (QED) is 0.841. The minimum Gasteiger partial charge on any atom is -0.493 e. The summed E-state index contributed by atoms with van der Waals surface area (Å²) in [5.41, 5.74) is 0.543. The van der Waals surface area contributed by atoms with Crippen molar-refractivity contribution in [2.24, 2.45) is 5.41 Å². The second kappa shape index (κ2) is 7.29. The molecule has 4 nitrogen and oxygen atoms in total. The van der Waals surface area contributed by atoms with Crippen LogP contribution in [0.5, 0.6) is 5.75 Å². The number of amides is 1. The maximum absolute atomic E-state index is 12.3. The van der Waals surface area contributed by atoms with Crippen molar-refractivity contribution in [3.8, 4) is 5.75 Å².